The van der Waals surface area contributed by atoms with Gasteiger partial charge in [-0.1, -0.05) is 11.8 Å². The molecule has 1 atom stereocenters. The molecule has 0 bridgehead atoms. The Morgan fingerprint density at radius 2 is 2.43 bits per heavy atom. The Balaban J connectivity index is 2.57. The molecule has 7 heteroatoms. The van der Waals surface area contributed by atoms with Crippen molar-refractivity contribution in [2.24, 2.45) is 7.05 Å². The monoisotopic (exact) mass is 217 g/mol. The number of aromatic nitrogens is 3. The van der Waals surface area contributed by atoms with Gasteiger partial charge in [0.1, 0.15) is 6.33 Å². The number of thioether (sulfide) groups is 1. The third-order valence-electron chi connectivity index (χ3n) is 1.61. The molecule has 0 spiro atoms. The van der Waals surface area contributed by atoms with Crippen LogP contribution in [0.4, 0.5) is 0 Å². The minimum absolute atomic E-state index is 0.0366. The number of hydrogen-bond donors (Lipinski definition) is 2. The highest BCUT2D eigenvalue weighted by Gasteiger charge is 2.30. The van der Waals surface area contributed by atoms with Gasteiger partial charge in [-0.25, -0.2) is 14.5 Å². The Labute approximate surface area is 85.0 Å². The van der Waals surface area contributed by atoms with Crippen molar-refractivity contribution in [2.75, 3.05) is 5.75 Å². The average molecular weight is 217 g/mol. The maximum absolute atomic E-state index is 10.6. The molecular formula is C7H11N3O3S. The highest BCUT2D eigenvalue weighted by atomic mass is 32.2. The molecule has 78 valence electrons. The van der Waals surface area contributed by atoms with Crippen LogP contribution in [0.15, 0.2) is 11.5 Å². The molecule has 1 rings (SSSR count). The maximum atomic E-state index is 10.6. The van der Waals surface area contributed by atoms with Crippen LogP contribution >= 0.6 is 11.8 Å². The second-order valence-electron chi connectivity index (χ2n) is 3.03. The minimum Gasteiger partial charge on any atom is -0.479 e. The summed E-state index contributed by atoms with van der Waals surface area (Å²) >= 11 is 1.15. The molecule has 1 aromatic rings. The van der Waals surface area contributed by atoms with Gasteiger partial charge in [-0.05, 0) is 6.92 Å². The number of carbonyl (C=O) groups is 1. The zero-order valence-electron chi connectivity index (χ0n) is 7.84. The third kappa shape index (κ3) is 2.46. The summed E-state index contributed by atoms with van der Waals surface area (Å²) in [5, 5.41) is 22.4. The summed E-state index contributed by atoms with van der Waals surface area (Å²) in [5.41, 5.74) is -1.74. The lowest BCUT2D eigenvalue weighted by atomic mass is 10.1. The molecule has 14 heavy (non-hydrogen) atoms. The Morgan fingerprint density at radius 1 is 1.79 bits per heavy atom. The van der Waals surface area contributed by atoms with Gasteiger partial charge in [0.2, 0.25) is 0 Å². The zero-order chi connectivity index (χ0) is 10.8. The van der Waals surface area contributed by atoms with Crippen LogP contribution in [0.1, 0.15) is 6.92 Å². The minimum atomic E-state index is -1.74. The van der Waals surface area contributed by atoms with Crippen LogP contribution in [0.3, 0.4) is 0 Å². The topological polar surface area (TPSA) is 88.2 Å². The highest BCUT2D eigenvalue weighted by Crippen LogP contribution is 2.19. The van der Waals surface area contributed by atoms with E-state index in [-0.39, 0.29) is 5.75 Å². The van der Waals surface area contributed by atoms with Gasteiger partial charge in [-0.2, -0.15) is 5.10 Å². The van der Waals surface area contributed by atoms with Crippen molar-refractivity contribution < 1.29 is 15.0 Å². The lowest BCUT2D eigenvalue weighted by Crippen LogP contribution is -2.37. The Bertz CT molecular complexity index is 337. The van der Waals surface area contributed by atoms with Gasteiger partial charge in [0.25, 0.3) is 0 Å². The van der Waals surface area contributed by atoms with E-state index in [4.69, 9.17) is 5.11 Å². The van der Waals surface area contributed by atoms with E-state index in [1.807, 2.05) is 0 Å². The Morgan fingerprint density at radius 3 is 2.86 bits per heavy atom. The van der Waals surface area contributed by atoms with E-state index in [9.17, 15) is 9.90 Å². The number of aliphatic hydroxyl groups is 1. The van der Waals surface area contributed by atoms with E-state index in [2.05, 4.69) is 10.1 Å². The first-order valence-electron chi connectivity index (χ1n) is 3.86. The molecule has 1 unspecified atom stereocenters. The molecule has 0 amide bonds. The standard InChI is InChI=1S/C7H11N3O3S/c1-7(13,5(11)12)3-14-6-8-4-9-10(6)2/h4,13H,3H2,1-2H3,(H,11,12). The van der Waals surface area contributed by atoms with Gasteiger partial charge in [0, 0.05) is 12.8 Å². The summed E-state index contributed by atoms with van der Waals surface area (Å²) in [6.07, 6.45) is 1.37. The van der Waals surface area contributed by atoms with E-state index < -0.39 is 11.6 Å². The lowest BCUT2D eigenvalue weighted by molar-refractivity contribution is -0.154. The normalized spacial score (nSPS) is 15.1. The predicted molar refractivity (Wildman–Crippen MR) is 50.0 cm³/mol. The molecule has 0 aliphatic rings. The van der Waals surface area contributed by atoms with Crippen LogP contribution < -0.4 is 0 Å². The number of hydrogen-bond acceptors (Lipinski definition) is 5. The van der Waals surface area contributed by atoms with Crippen molar-refractivity contribution in [1.82, 2.24) is 14.8 Å². The molecule has 0 saturated heterocycles. The van der Waals surface area contributed by atoms with Gasteiger partial charge in [0.15, 0.2) is 10.8 Å². The van der Waals surface area contributed by atoms with Crippen molar-refractivity contribution in [3.63, 3.8) is 0 Å². The van der Waals surface area contributed by atoms with Crippen LogP contribution in [0.5, 0.6) is 0 Å². The second kappa shape index (κ2) is 3.97. The van der Waals surface area contributed by atoms with E-state index in [1.165, 1.54) is 17.9 Å². The molecule has 0 radical (unpaired) electrons. The number of carboxylic acid groups (broad SMARTS) is 1. The Hall–Kier alpha value is -1.08. The van der Waals surface area contributed by atoms with Gasteiger partial charge >= 0.3 is 5.97 Å². The van der Waals surface area contributed by atoms with Crippen molar-refractivity contribution >= 4 is 17.7 Å². The van der Waals surface area contributed by atoms with Crippen molar-refractivity contribution in [3.05, 3.63) is 6.33 Å². The molecule has 0 saturated carbocycles. The van der Waals surface area contributed by atoms with E-state index in [0.717, 1.165) is 11.8 Å². The largest absolute Gasteiger partial charge is 0.479 e. The summed E-state index contributed by atoms with van der Waals surface area (Å²) < 4.78 is 1.52. The van der Waals surface area contributed by atoms with Crippen molar-refractivity contribution in [1.29, 1.82) is 0 Å². The van der Waals surface area contributed by atoms with Gasteiger partial charge in [0.05, 0.1) is 0 Å². The van der Waals surface area contributed by atoms with Crippen LogP contribution in [-0.4, -0.2) is 42.3 Å². The highest BCUT2D eigenvalue weighted by molar-refractivity contribution is 7.99. The first-order valence-corrected chi connectivity index (χ1v) is 4.84. The molecule has 0 fully saturated rings. The maximum Gasteiger partial charge on any atom is 0.336 e. The lowest BCUT2D eigenvalue weighted by Gasteiger charge is -2.16. The summed E-state index contributed by atoms with van der Waals surface area (Å²) in [7, 11) is 1.70. The average Bonchev–Trinajstić information content (AvgIpc) is 2.47. The first-order chi connectivity index (χ1) is 6.43. The second-order valence-corrected chi connectivity index (χ2v) is 3.98. The fraction of sp³-hybridized carbons (Fsp3) is 0.571. The van der Waals surface area contributed by atoms with Gasteiger partial charge < -0.3 is 10.2 Å². The third-order valence-corrected chi connectivity index (χ3v) is 2.95. The molecule has 2 N–H and O–H groups in total. The smallest absolute Gasteiger partial charge is 0.336 e. The van der Waals surface area contributed by atoms with Crippen LogP contribution in [0.25, 0.3) is 0 Å². The van der Waals surface area contributed by atoms with E-state index in [0.29, 0.717) is 5.16 Å². The molecule has 1 heterocycles. The van der Waals surface area contributed by atoms with Gasteiger partial charge in [-0.3, -0.25) is 0 Å². The van der Waals surface area contributed by atoms with Crippen molar-refractivity contribution in [2.45, 2.75) is 17.7 Å². The van der Waals surface area contributed by atoms with Crippen molar-refractivity contribution in [3.8, 4) is 0 Å². The molecule has 0 aliphatic carbocycles. The number of aliphatic carboxylic acids is 1. The SMILES string of the molecule is Cn1ncnc1SCC(C)(O)C(=O)O. The fourth-order valence-electron chi connectivity index (χ4n) is 0.683. The fourth-order valence-corrected chi connectivity index (χ4v) is 1.57. The number of rotatable bonds is 4. The summed E-state index contributed by atoms with van der Waals surface area (Å²) in [4.78, 5) is 14.4. The predicted octanol–water partition coefficient (Wildman–Crippen LogP) is -0.257. The van der Waals surface area contributed by atoms with E-state index in [1.54, 1.807) is 7.05 Å². The molecular weight excluding hydrogens is 206 g/mol. The molecule has 1 aromatic heterocycles. The Kier molecular flexibility index (Phi) is 3.12. The summed E-state index contributed by atoms with van der Waals surface area (Å²) in [5.74, 6) is -1.21. The molecule has 0 aliphatic heterocycles. The summed E-state index contributed by atoms with van der Waals surface area (Å²) in [6.45, 7) is 1.25. The zero-order valence-corrected chi connectivity index (χ0v) is 8.65. The molecule has 0 aromatic carbocycles. The van der Waals surface area contributed by atoms with Crippen LogP contribution in [0, 0.1) is 0 Å². The number of aryl methyl sites for hydroxylation is 1. The number of nitrogens with zero attached hydrogens (tertiary/aromatic N) is 3. The summed E-state index contributed by atoms with van der Waals surface area (Å²) in [6, 6.07) is 0. The molecule has 6 nitrogen and oxygen atoms in total. The van der Waals surface area contributed by atoms with Crippen LogP contribution in [-0.2, 0) is 11.8 Å². The van der Waals surface area contributed by atoms with Gasteiger partial charge in [-0.15, -0.1) is 0 Å². The van der Waals surface area contributed by atoms with E-state index >= 15 is 0 Å². The van der Waals surface area contributed by atoms with Crippen LogP contribution in [0.2, 0.25) is 0 Å². The number of carboxylic acids is 1. The quantitative estimate of drug-likeness (QED) is 0.676. The first kappa shape index (κ1) is 11.0.